The maximum Gasteiger partial charge on any atom is 0.338 e. The Labute approximate surface area is 155 Å². The minimum absolute atomic E-state index is 0.187. The summed E-state index contributed by atoms with van der Waals surface area (Å²) in [5, 5.41) is 8.99. The van der Waals surface area contributed by atoms with Gasteiger partial charge in [-0.15, -0.1) is 0 Å². The molecule has 0 aliphatic carbocycles. The van der Waals surface area contributed by atoms with Gasteiger partial charge in [-0.05, 0) is 38.0 Å². The van der Waals surface area contributed by atoms with Crippen LogP contribution < -0.4 is 4.74 Å². The van der Waals surface area contributed by atoms with Crippen LogP contribution in [0.2, 0.25) is 0 Å². The second-order valence-corrected chi connectivity index (χ2v) is 8.05. The lowest BCUT2D eigenvalue weighted by Gasteiger charge is -2.31. The van der Waals surface area contributed by atoms with Crippen LogP contribution in [0.15, 0.2) is 35.4 Å². The van der Waals surface area contributed by atoms with Crippen LogP contribution >= 0.6 is 0 Å². The van der Waals surface area contributed by atoms with Crippen molar-refractivity contribution in [2.75, 3.05) is 13.1 Å². The predicted octanol–water partition coefficient (Wildman–Crippen LogP) is 1.85. The smallest absolute Gasteiger partial charge is 0.338 e. The molecule has 0 atom stereocenters. The molecule has 1 N–H and O–H groups in total. The molecule has 8 nitrogen and oxygen atoms in total. The number of carboxylic acid groups (broad SMARTS) is 1. The Morgan fingerprint density at radius 3 is 2.63 bits per heavy atom. The van der Waals surface area contributed by atoms with Crippen LogP contribution in [0.25, 0.3) is 0 Å². The fraction of sp³-hybridized carbons (Fsp3) is 0.353. The van der Waals surface area contributed by atoms with E-state index in [1.807, 2.05) is 0 Å². The van der Waals surface area contributed by atoms with Crippen LogP contribution in [0, 0.1) is 12.7 Å². The summed E-state index contributed by atoms with van der Waals surface area (Å²) in [6.45, 7) is 2.16. The zero-order chi connectivity index (χ0) is 19.6. The summed E-state index contributed by atoms with van der Waals surface area (Å²) in [7, 11) is -3.92. The van der Waals surface area contributed by atoms with E-state index >= 15 is 0 Å². The van der Waals surface area contributed by atoms with Gasteiger partial charge >= 0.3 is 5.97 Å². The molecule has 0 bridgehead atoms. The summed E-state index contributed by atoms with van der Waals surface area (Å²) in [6, 6.07) is 4.41. The molecular formula is C17H18FN3O5S. The lowest BCUT2D eigenvalue weighted by atomic mass is 10.1. The van der Waals surface area contributed by atoms with Gasteiger partial charge in [-0.3, -0.25) is 0 Å². The van der Waals surface area contributed by atoms with Crippen LogP contribution in [0.5, 0.6) is 5.88 Å². The van der Waals surface area contributed by atoms with Gasteiger partial charge in [0, 0.05) is 25.4 Å². The van der Waals surface area contributed by atoms with Crippen LogP contribution in [0.4, 0.5) is 4.39 Å². The number of carbonyl (C=O) groups is 1. The van der Waals surface area contributed by atoms with E-state index in [0.717, 1.165) is 18.2 Å². The summed E-state index contributed by atoms with van der Waals surface area (Å²) in [5.41, 5.74) is -0.673. The van der Waals surface area contributed by atoms with Crippen molar-refractivity contribution in [2.45, 2.75) is 30.8 Å². The minimum Gasteiger partial charge on any atom is -0.478 e. The molecule has 1 aliphatic rings. The number of aromatic nitrogens is 2. The SMILES string of the molecule is Cc1nccc(OC2CCN(S(=O)(=O)c3ccc(F)c(C(=O)O)c3)CC2)n1. The molecule has 3 rings (SSSR count). The van der Waals surface area contributed by atoms with Crippen molar-refractivity contribution < 1.29 is 27.4 Å². The molecular weight excluding hydrogens is 377 g/mol. The molecule has 2 aromatic rings. The number of rotatable bonds is 5. The van der Waals surface area contributed by atoms with Gasteiger partial charge in [-0.2, -0.15) is 9.29 Å². The fourth-order valence-corrected chi connectivity index (χ4v) is 4.34. The molecule has 2 heterocycles. The normalized spacial score (nSPS) is 16.2. The Balaban J connectivity index is 1.69. The number of hydrogen-bond donors (Lipinski definition) is 1. The zero-order valence-corrected chi connectivity index (χ0v) is 15.3. The molecule has 0 spiro atoms. The lowest BCUT2D eigenvalue weighted by Crippen LogP contribution is -2.41. The third-order valence-corrected chi connectivity index (χ3v) is 6.14. The Morgan fingerprint density at radius 2 is 2.00 bits per heavy atom. The van der Waals surface area contributed by atoms with Gasteiger partial charge in [0.05, 0.1) is 10.5 Å². The quantitative estimate of drug-likeness (QED) is 0.823. The lowest BCUT2D eigenvalue weighted by molar-refractivity contribution is 0.0691. The van der Waals surface area contributed by atoms with Crippen molar-refractivity contribution in [2.24, 2.45) is 0 Å². The second-order valence-electron chi connectivity index (χ2n) is 6.11. The van der Waals surface area contributed by atoms with Crippen molar-refractivity contribution in [1.82, 2.24) is 14.3 Å². The van der Waals surface area contributed by atoms with Crippen molar-refractivity contribution in [3.05, 3.63) is 47.7 Å². The van der Waals surface area contributed by atoms with E-state index in [2.05, 4.69) is 9.97 Å². The van der Waals surface area contributed by atoms with Crippen molar-refractivity contribution in [1.29, 1.82) is 0 Å². The van der Waals surface area contributed by atoms with E-state index in [1.165, 1.54) is 4.31 Å². The van der Waals surface area contributed by atoms with Crippen molar-refractivity contribution in [3.8, 4) is 5.88 Å². The topological polar surface area (TPSA) is 110 Å². The average Bonchev–Trinajstić information content (AvgIpc) is 2.62. The monoisotopic (exact) mass is 395 g/mol. The number of carboxylic acids is 1. The summed E-state index contributed by atoms with van der Waals surface area (Å²) in [5.74, 6) is -1.47. The van der Waals surface area contributed by atoms with E-state index in [0.29, 0.717) is 24.5 Å². The average molecular weight is 395 g/mol. The maximum atomic E-state index is 13.5. The third kappa shape index (κ3) is 4.22. The highest BCUT2D eigenvalue weighted by Crippen LogP contribution is 2.24. The first-order chi connectivity index (χ1) is 12.8. The van der Waals surface area contributed by atoms with Crippen molar-refractivity contribution >= 4 is 16.0 Å². The molecule has 10 heteroatoms. The van der Waals surface area contributed by atoms with Crippen LogP contribution in [-0.4, -0.2) is 53.0 Å². The highest BCUT2D eigenvalue weighted by atomic mass is 32.2. The first-order valence-electron chi connectivity index (χ1n) is 8.26. The van der Waals surface area contributed by atoms with E-state index in [4.69, 9.17) is 9.84 Å². The van der Waals surface area contributed by atoms with Crippen LogP contribution in [-0.2, 0) is 10.0 Å². The Morgan fingerprint density at radius 1 is 1.30 bits per heavy atom. The Bertz CT molecular complexity index is 959. The largest absolute Gasteiger partial charge is 0.478 e. The van der Waals surface area contributed by atoms with Crippen LogP contribution in [0.1, 0.15) is 29.0 Å². The van der Waals surface area contributed by atoms with Crippen molar-refractivity contribution in [3.63, 3.8) is 0 Å². The van der Waals surface area contributed by atoms with Gasteiger partial charge in [0.1, 0.15) is 17.7 Å². The number of piperidine rings is 1. The summed E-state index contributed by atoms with van der Waals surface area (Å²) in [4.78, 5) is 18.9. The standard InChI is InChI=1S/C17H18FN3O5S/c1-11-19-7-4-16(20-11)26-12-5-8-21(9-6-12)27(24,25)13-2-3-15(18)14(10-13)17(22)23/h2-4,7,10,12H,5-6,8-9H2,1H3,(H,22,23). The first-order valence-corrected chi connectivity index (χ1v) is 9.70. The molecule has 27 heavy (non-hydrogen) atoms. The highest BCUT2D eigenvalue weighted by molar-refractivity contribution is 7.89. The van der Waals surface area contributed by atoms with E-state index < -0.39 is 27.4 Å². The molecule has 1 aromatic heterocycles. The van der Waals surface area contributed by atoms with E-state index in [9.17, 15) is 17.6 Å². The van der Waals surface area contributed by atoms with Gasteiger partial charge in [0.25, 0.3) is 0 Å². The second kappa shape index (κ2) is 7.57. The molecule has 0 radical (unpaired) electrons. The number of ether oxygens (including phenoxy) is 1. The zero-order valence-electron chi connectivity index (χ0n) is 14.5. The number of benzene rings is 1. The van der Waals surface area contributed by atoms with E-state index in [-0.39, 0.29) is 24.1 Å². The van der Waals surface area contributed by atoms with Gasteiger partial charge in [-0.1, -0.05) is 0 Å². The number of hydrogen-bond acceptors (Lipinski definition) is 6. The van der Waals surface area contributed by atoms with Gasteiger partial charge in [0.15, 0.2) is 0 Å². The first kappa shape index (κ1) is 19.2. The molecule has 144 valence electrons. The van der Waals surface area contributed by atoms with E-state index in [1.54, 1.807) is 19.2 Å². The summed E-state index contributed by atoms with van der Waals surface area (Å²) < 4.78 is 46.0. The molecule has 0 amide bonds. The van der Waals surface area contributed by atoms with Crippen LogP contribution in [0.3, 0.4) is 0 Å². The Kier molecular flexibility index (Phi) is 5.38. The summed E-state index contributed by atoms with van der Waals surface area (Å²) in [6.07, 6.45) is 2.31. The maximum absolute atomic E-state index is 13.5. The van der Waals surface area contributed by atoms with Gasteiger partial charge < -0.3 is 9.84 Å². The minimum atomic E-state index is -3.92. The molecule has 1 saturated heterocycles. The number of halogens is 1. The highest BCUT2D eigenvalue weighted by Gasteiger charge is 2.31. The molecule has 0 unspecified atom stereocenters. The number of aryl methyl sites for hydroxylation is 1. The summed E-state index contributed by atoms with van der Waals surface area (Å²) >= 11 is 0. The number of aromatic carboxylic acids is 1. The van der Waals surface area contributed by atoms with Gasteiger partial charge in [-0.25, -0.2) is 22.6 Å². The Hall–Kier alpha value is -2.59. The molecule has 1 aliphatic heterocycles. The molecule has 1 aromatic carbocycles. The molecule has 1 fully saturated rings. The third-order valence-electron chi connectivity index (χ3n) is 4.24. The molecule has 0 saturated carbocycles. The fourth-order valence-electron chi connectivity index (χ4n) is 2.84. The number of sulfonamides is 1. The number of nitrogens with zero attached hydrogens (tertiary/aromatic N) is 3. The predicted molar refractivity (Wildman–Crippen MR) is 92.5 cm³/mol. The van der Waals surface area contributed by atoms with Gasteiger partial charge in [0.2, 0.25) is 15.9 Å².